The summed E-state index contributed by atoms with van der Waals surface area (Å²) in [5, 5.41) is 13.9. The van der Waals surface area contributed by atoms with Crippen molar-refractivity contribution in [3.63, 3.8) is 0 Å². The Labute approximate surface area is 128 Å². The van der Waals surface area contributed by atoms with Crippen LogP contribution >= 0.6 is 0 Å². The Bertz CT molecular complexity index is 442. The van der Waals surface area contributed by atoms with E-state index < -0.39 is 0 Å². The van der Waals surface area contributed by atoms with Crippen LogP contribution in [0.2, 0.25) is 0 Å². The molecule has 0 aromatic heterocycles. The Morgan fingerprint density at radius 2 is 1.90 bits per heavy atom. The van der Waals surface area contributed by atoms with E-state index in [4.69, 9.17) is 0 Å². The Balaban J connectivity index is 1.79. The van der Waals surface area contributed by atoms with Gasteiger partial charge in [-0.25, -0.2) is 0 Å². The van der Waals surface area contributed by atoms with Crippen molar-refractivity contribution < 1.29 is 5.11 Å². The van der Waals surface area contributed by atoms with Crippen molar-refractivity contribution in [3.05, 3.63) is 35.9 Å². The standard InChI is InChI=1S/C18H28N2O/c1-2-20(12-15-8-9-15)13-18(14-21,19-17-10-11-17)16-6-4-3-5-7-16/h3-7,15,17,19,21H,2,8-14H2,1H3. The lowest BCUT2D eigenvalue weighted by atomic mass is 9.89. The van der Waals surface area contributed by atoms with Crippen LogP contribution in [0.5, 0.6) is 0 Å². The molecule has 2 aliphatic rings. The molecule has 21 heavy (non-hydrogen) atoms. The number of aliphatic hydroxyl groups is 1. The lowest BCUT2D eigenvalue weighted by molar-refractivity contribution is 0.104. The van der Waals surface area contributed by atoms with Crippen LogP contribution in [0, 0.1) is 5.92 Å². The van der Waals surface area contributed by atoms with Crippen LogP contribution in [-0.4, -0.2) is 42.3 Å². The molecule has 2 aliphatic carbocycles. The van der Waals surface area contributed by atoms with Gasteiger partial charge in [-0.05, 0) is 43.7 Å². The lowest BCUT2D eigenvalue weighted by Gasteiger charge is -2.38. The van der Waals surface area contributed by atoms with Crippen molar-refractivity contribution >= 4 is 0 Å². The average molecular weight is 288 g/mol. The molecular formula is C18H28N2O. The van der Waals surface area contributed by atoms with Gasteiger partial charge in [-0.15, -0.1) is 0 Å². The topological polar surface area (TPSA) is 35.5 Å². The van der Waals surface area contributed by atoms with Crippen LogP contribution in [0.25, 0.3) is 0 Å². The minimum absolute atomic E-state index is 0.161. The number of benzene rings is 1. The third-order valence-corrected chi connectivity index (χ3v) is 4.81. The van der Waals surface area contributed by atoms with E-state index in [0.717, 1.165) is 19.0 Å². The fourth-order valence-corrected chi connectivity index (χ4v) is 3.14. The number of nitrogens with zero attached hydrogens (tertiary/aromatic N) is 1. The second-order valence-electron chi connectivity index (χ2n) is 6.80. The first-order valence-corrected chi connectivity index (χ1v) is 8.42. The van der Waals surface area contributed by atoms with Crippen molar-refractivity contribution in [2.75, 3.05) is 26.2 Å². The highest BCUT2D eigenvalue weighted by Crippen LogP contribution is 2.33. The van der Waals surface area contributed by atoms with Crippen LogP contribution < -0.4 is 5.32 Å². The molecule has 0 spiro atoms. The minimum Gasteiger partial charge on any atom is -0.394 e. The second-order valence-corrected chi connectivity index (χ2v) is 6.80. The van der Waals surface area contributed by atoms with Gasteiger partial charge in [0, 0.05) is 19.1 Å². The van der Waals surface area contributed by atoms with Gasteiger partial charge in [-0.2, -0.15) is 0 Å². The molecule has 3 heteroatoms. The number of hydrogen-bond acceptors (Lipinski definition) is 3. The van der Waals surface area contributed by atoms with E-state index in [0.29, 0.717) is 6.04 Å². The molecule has 3 rings (SSSR count). The van der Waals surface area contributed by atoms with Crippen LogP contribution in [-0.2, 0) is 5.54 Å². The highest BCUT2D eigenvalue weighted by atomic mass is 16.3. The lowest BCUT2D eigenvalue weighted by Crippen LogP contribution is -2.54. The van der Waals surface area contributed by atoms with E-state index in [-0.39, 0.29) is 12.1 Å². The summed E-state index contributed by atoms with van der Waals surface area (Å²) < 4.78 is 0. The van der Waals surface area contributed by atoms with Gasteiger partial charge in [-0.3, -0.25) is 0 Å². The van der Waals surface area contributed by atoms with Gasteiger partial charge in [-0.1, -0.05) is 37.3 Å². The summed E-state index contributed by atoms with van der Waals surface area (Å²) >= 11 is 0. The molecule has 0 amide bonds. The highest BCUT2D eigenvalue weighted by molar-refractivity contribution is 5.26. The maximum Gasteiger partial charge on any atom is 0.0799 e. The van der Waals surface area contributed by atoms with Gasteiger partial charge in [0.05, 0.1) is 12.1 Å². The zero-order valence-corrected chi connectivity index (χ0v) is 13.1. The van der Waals surface area contributed by atoms with Crippen LogP contribution in [0.15, 0.2) is 30.3 Å². The van der Waals surface area contributed by atoms with E-state index in [2.05, 4.69) is 41.4 Å². The quantitative estimate of drug-likeness (QED) is 0.732. The molecular weight excluding hydrogens is 260 g/mol. The van der Waals surface area contributed by atoms with Gasteiger partial charge in [0.2, 0.25) is 0 Å². The summed E-state index contributed by atoms with van der Waals surface area (Å²) in [6.45, 7) is 5.52. The smallest absolute Gasteiger partial charge is 0.0799 e. The normalized spacial score (nSPS) is 21.5. The second kappa shape index (κ2) is 6.47. The number of aliphatic hydroxyl groups excluding tert-OH is 1. The predicted octanol–water partition coefficient (Wildman–Crippen LogP) is 2.36. The molecule has 3 nitrogen and oxygen atoms in total. The molecule has 1 unspecified atom stereocenters. The van der Waals surface area contributed by atoms with Crippen molar-refractivity contribution in [2.24, 2.45) is 5.92 Å². The first-order chi connectivity index (χ1) is 10.3. The van der Waals surface area contributed by atoms with Gasteiger partial charge < -0.3 is 15.3 Å². The maximum atomic E-state index is 10.2. The molecule has 0 radical (unpaired) electrons. The Kier molecular flexibility index (Phi) is 4.63. The van der Waals surface area contributed by atoms with Gasteiger partial charge in [0.25, 0.3) is 0 Å². The predicted molar refractivity (Wildman–Crippen MR) is 86.2 cm³/mol. The summed E-state index contributed by atoms with van der Waals surface area (Å²) in [6.07, 6.45) is 5.24. The van der Waals surface area contributed by atoms with Gasteiger partial charge >= 0.3 is 0 Å². The third kappa shape index (κ3) is 3.85. The van der Waals surface area contributed by atoms with Crippen molar-refractivity contribution in [2.45, 2.75) is 44.2 Å². The van der Waals surface area contributed by atoms with E-state index in [1.807, 2.05) is 6.07 Å². The van der Waals surface area contributed by atoms with Gasteiger partial charge in [0.1, 0.15) is 0 Å². The van der Waals surface area contributed by atoms with Crippen molar-refractivity contribution in [1.29, 1.82) is 0 Å². The molecule has 0 heterocycles. The summed E-state index contributed by atoms with van der Waals surface area (Å²) in [5.41, 5.74) is 0.904. The fraction of sp³-hybridized carbons (Fsp3) is 0.667. The monoisotopic (exact) mass is 288 g/mol. The Morgan fingerprint density at radius 3 is 2.43 bits per heavy atom. The summed E-state index contributed by atoms with van der Waals surface area (Å²) in [5.74, 6) is 0.887. The van der Waals surface area contributed by atoms with Crippen LogP contribution in [0.1, 0.15) is 38.2 Å². The molecule has 2 N–H and O–H groups in total. The molecule has 0 bridgehead atoms. The van der Waals surface area contributed by atoms with E-state index in [9.17, 15) is 5.11 Å². The molecule has 2 fully saturated rings. The van der Waals surface area contributed by atoms with Crippen molar-refractivity contribution in [3.8, 4) is 0 Å². The molecule has 0 aliphatic heterocycles. The van der Waals surface area contributed by atoms with Gasteiger partial charge in [0.15, 0.2) is 0 Å². The molecule has 1 atom stereocenters. The number of likely N-dealkylation sites (N-methyl/N-ethyl adjacent to an activating group) is 1. The largest absolute Gasteiger partial charge is 0.394 e. The zero-order chi connectivity index (χ0) is 14.7. The SMILES string of the molecule is CCN(CC1CC1)CC(CO)(NC1CC1)c1ccccc1. The maximum absolute atomic E-state index is 10.2. The molecule has 116 valence electrons. The zero-order valence-electron chi connectivity index (χ0n) is 13.1. The summed E-state index contributed by atoms with van der Waals surface area (Å²) in [4.78, 5) is 2.51. The minimum atomic E-state index is -0.312. The molecule has 1 aromatic carbocycles. The highest BCUT2D eigenvalue weighted by Gasteiger charge is 2.39. The Hall–Kier alpha value is -0.900. The average Bonchev–Trinajstić information content (AvgIpc) is 3.43. The molecule has 1 aromatic rings. The first-order valence-electron chi connectivity index (χ1n) is 8.42. The number of rotatable bonds is 9. The fourth-order valence-electron chi connectivity index (χ4n) is 3.14. The van der Waals surface area contributed by atoms with Crippen LogP contribution in [0.4, 0.5) is 0 Å². The van der Waals surface area contributed by atoms with Crippen molar-refractivity contribution in [1.82, 2.24) is 10.2 Å². The number of hydrogen-bond donors (Lipinski definition) is 2. The van der Waals surface area contributed by atoms with E-state index in [1.54, 1.807) is 0 Å². The molecule has 2 saturated carbocycles. The van der Waals surface area contributed by atoms with E-state index in [1.165, 1.54) is 37.8 Å². The van der Waals surface area contributed by atoms with Crippen LogP contribution in [0.3, 0.4) is 0 Å². The first kappa shape index (κ1) is 15.0. The molecule has 0 saturated heterocycles. The summed E-state index contributed by atoms with van der Waals surface area (Å²) in [6, 6.07) is 11.1. The number of nitrogens with one attached hydrogen (secondary N) is 1. The summed E-state index contributed by atoms with van der Waals surface area (Å²) in [7, 11) is 0. The van der Waals surface area contributed by atoms with E-state index >= 15 is 0 Å². The third-order valence-electron chi connectivity index (χ3n) is 4.81. The Morgan fingerprint density at radius 1 is 1.19 bits per heavy atom.